The number of aryl methyl sites for hydroxylation is 1. The molecule has 0 aliphatic heterocycles. The third-order valence-electron chi connectivity index (χ3n) is 1.46. The zero-order valence-corrected chi connectivity index (χ0v) is 7.94. The first-order chi connectivity index (χ1) is 6.68. The van der Waals surface area contributed by atoms with E-state index in [4.69, 9.17) is 11.5 Å². The number of nitrogen functional groups attached to an aromatic ring is 2. The summed E-state index contributed by atoms with van der Waals surface area (Å²) in [6.45, 7) is 2.08. The van der Waals surface area contributed by atoms with Gasteiger partial charge in [-0.25, -0.2) is 5.10 Å². The molecule has 0 atom stereocenters. The summed E-state index contributed by atoms with van der Waals surface area (Å²) in [6, 6.07) is 10.3. The first kappa shape index (κ1) is 10.0. The Labute approximate surface area is 82.2 Å². The maximum absolute atomic E-state index is 5.07. The number of hydrogen-bond acceptors (Lipinski definition) is 4. The molecule has 1 heterocycles. The monoisotopic (exact) mass is 191 g/mol. The van der Waals surface area contributed by atoms with Gasteiger partial charge in [-0.2, -0.15) is 4.98 Å². The zero-order valence-electron chi connectivity index (χ0n) is 7.94. The Morgan fingerprint density at radius 3 is 2.00 bits per heavy atom. The lowest BCUT2D eigenvalue weighted by Gasteiger charge is -1.82. The molecule has 0 unspecified atom stereocenters. The largest absolute Gasteiger partial charge is 0.368 e. The number of nitrogens with one attached hydrogen (secondary N) is 1. The maximum Gasteiger partial charge on any atom is 0.241 e. The van der Waals surface area contributed by atoms with E-state index in [1.54, 1.807) is 0 Å². The van der Waals surface area contributed by atoms with Crippen molar-refractivity contribution >= 4 is 11.9 Å². The van der Waals surface area contributed by atoms with Gasteiger partial charge in [0.1, 0.15) is 0 Å². The van der Waals surface area contributed by atoms with Crippen molar-refractivity contribution in [3.8, 4) is 0 Å². The molecule has 0 spiro atoms. The molecule has 0 radical (unpaired) electrons. The lowest BCUT2D eigenvalue weighted by molar-refractivity contribution is 1.11. The molecule has 74 valence electrons. The molecule has 0 saturated carbocycles. The van der Waals surface area contributed by atoms with Crippen molar-refractivity contribution in [3.63, 3.8) is 0 Å². The van der Waals surface area contributed by atoms with Crippen molar-refractivity contribution in [2.75, 3.05) is 11.5 Å². The average Bonchev–Trinajstić information content (AvgIpc) is 2.52. The van der Waals surface area contributed by atoms with Crippen LogP contribution in [0.2, 0.25) is 0 Å². The van der Waals surface area contributed by atoms with E-state index in [9.17, 15) is 0 Å². The third kappa shape index (κ3) is 3.57. The molecule has 0 fully saturated rings. The number of rotatable bonds is 0. The second-order valence-electron chi connectivity index (χ2n) is 2.73. The minimum atomic E-state index is 0.178. The van der Waals surface area contributed by atoms with Gasteiger partial charge in [-0.3, -0.25) is 0 Å². The normalized spacial score (nSPS) is 8.93. The fourth-order valence-corrected chi connectivity index (χ4v) is 0.822. The summed E-state index contributed by atoms with van der Waals surface area (Å²) in [5.74, 6) is 0.426. The lowest BCUT2D eigenvalue weighted by Crippen LogP contribution is -1.87. The molecular formula is C9H13N5. The topological polar surface area (TPSA) is 93.6 Å². The number of nitrogens with two attached hydrogens (primary N) is 2. The average molecular weight is 191 g/mol. The van der Waals surface area contributed by atoms with Crippen LogP contribution >= 0.6 is 0 Å². The third-order valence-corrected chi connectivity index (χ3v) is 1.46. The van der Waals surface area contributed by atoms with Crippen LogP contribution in [0.3, 0.4) is 0 Å². The van der Waals surface area contributed by atoms with Gasteiger partial charge in [0.05, 0.1) is 0 Å². The van der Waals surface area contributed by atoms with Gasteiger partial charge in [-0.05, 0) is 6.92 Å². The number of aromatic nitrogens is 3. The molecule has 5 heteroatoms. The minimum absolute atomic E-state index is 0.178. The van der Waals surface area contributed by atoms with Crippen LogP contribution in [0.15, 0.2) is 30.3 Å². The summed E-state index contributed by atoms with van der Waals surface area (Å²) in [6.07, 6.45) is 0. The van der Waals surface area contributed by atoms with Crippen LogP contribution in [0, 0.1) is 6.92 Å². The van der Waals surface area contributed by atoms with Gasteiger partial charge >= 0.3 is 0 Å². The fraction of sp³-hybridized carbons (Fsp3) is 0.111. The van der Waals surface area contributed by atoms with E-state index in [1.165, 1.54) is 5.56 Å². The molecule has 1 aromatic heterocycles. The van der Waals surface area contributed by atoms with Gasteiger partial charge in [-0.15, -0.1) is 5.10 Å². The molecule has 2 aromatic rings. The van der Waals surface area contributed by atoms with Gasteiger partial charge in [0, 0.05) is 0 Å². The fourth-order valence-electron chi connectivity index (χ4n) is 0.822. The van der Waals surface area contributed by atoms with E-state index in [2.05, 4.69) is 34.2 Å². The Morgan fingerprint density at radius 1 is 1.14 bits per heavy atom. The smallest absolute Gasteiger partial charge is 0.241 e. The van der Waals surface area contributed by atoms with Crippen LogP contribution in [0.25, 0.3) is 0 Å². The van der Waals surface area contributed by atoms with Crippen LogP contribution in [0.1, 0.15) is 5.56 Å². The SMILES string of the molecule is Cc1ccccc1.Nc1n[nH]c(N)n1. The Balaban J connectivity index is 0.000000140. The number of H-pyrrole nitrogens is 1. The molecule has 1 aromatic carbocycles. The summed E-state index contributed by atoms with van der Waals surface area (Å²) in [5, 5.41) is 5.79. The van der Waals surface area contributed by atoms with Crippen molar-refractivity contribution in [1.29, 1.82) is 0 Å². The molecule has 0 aliphatic carbocycles. The molecule has 5 nitrogen and oxygen atoms in total. The van der Waals surface area contributed by atoms with Crippen LogP contribution in [-0.4, -0.2) is 15.2 Å². The Morgan fingerprint density at radius 2 is 1.79 bits per heavy atom. The van der Waals surface area contributed by atoms with Gasteiger partial charge < -0.3 is 11.5 Å². The lowest BCUT2D eigenvalue weighted by atomic mass is 10.2. The first-order valence-corrected chi connectivity index (χ1v) is 4.13. The van der Waals surface area contributed by atoms with Gasteiger partial charge in [0.25, 0.3) is 0 Å². The predicted molar refractivity (Wildman–Crippen MR) is 56.4 cm³/mol. The molecule has 2 rings (SSSR count). The highest BCUT2D eigenvalue weighted by atomic mass is 15.3. The van der Waals surface area contributed by atoms with Crippen molar-refractivity contribution in [2.24, 2.45) is 0 Å². The van der Waals surface area contributed by atoms with Crippen molar-refractivity contribution < 1.29 is 0 Å². The van der Waals surface area contributed by atoms with E-state index >= 15 is 0 Å². The van der Waals surface area contributed by atoms with Crippen LogP contribution in [0.5, 0.6) is 0 Å². The Hall–Kier alpha value is -2.04. The Kier molecular flexibility index (Phi) is 3.49. The maximum atomic E-state index is 5.07. The molecule has 0 aliphatic rings. The van der Waals surface area contributed by atoms with Crippen LogP contribution < -0.4 is 11.5 Å². The summed E-state index contributed by atoms with van der Waals surface area (Å²) >= 11 is 0. The summed E-state index contributed by atoms with van der Waals surface area (Å²) < 4.78 is 0. The van der Waals surface area contributed by atoms with Gasteiger partial charge in [-0.1, -0.05) is 35.9 Å². The van der Waals surface area contributed by atoms with Crippen molar-refractivity contribution in [3.05, 3.63) is 35.9 Å². The zero-order chi connectivity index (χ0) is 10.4. The predicted octanol–water partition coefficient (Wildman–Crippen LogP) is 0.964. The number of nitrogens with zero attached hydrogens (tertiary/aromatic N) is 2. The highest BCUT2D eigenvalue weighted by molar-refractivity contribution is 5.23. The van der Waals surface area contributed by atoms with Crippen molar-refractivity contribution in [1.82, 2.24) is 15.2 Å². The quantitative estimate of drug-likeness (QED) is 0.578. The van der Waals surface area contributed by atoms with E-state index < -0.39 is 0 Å². The summed E-state index contributed by atoms with van der Waals surface area (Å²) in [7, 11) is 0. The number of benzene rings is 1. The van der Waals surface area contributed by atoms with Crippen molar-refractivity contribution in [2.45, 2.75) is 6.92 Å². The Bertz CT molecular complexity index is 351. The highest BCUT2D eigenvalue weighted by Crippen LogP contribution is 1.92. The summed E-state index contributed by atoms with van der Waals surface area (Å²) in [4.78, 5) is 3.50. The number of anilines is 2. The van der Waals surface area contributed by atoms with Gasteiger partial charge in [0.2, 0.25) is 11.9 Å². The molecule has 14 heavy (non-hydrogen) atoms. The highest BCUT2D eigenvalue weighted by Gasteiger charge is 1.87. The molecular weight excluding hydrogens is 178 g/mol. The van der Waals surface area contributed by atoms with E-state index in [0.717, 1.165) is 0 Å². The molecule has 5 N–H and O–H groups in total. The standard InChI is InChI=1S/C7H8.C2H5N5/c1-7-5-3-2-4-6-7;3-1-5-2(4)7-6-1/h2-6H,1H3;(H5,3,4,5,6,7). The van der Waals surface area contributed by atoms with Crippen LogP contribution in [0.4, 0.5) is 11.9 Å². The second kappa shape index (κ2) is 4.86. The second-order valence-corrected chi connectivity index (χ2v) is 2.73. The van der Waals surface area contributed by atoms with E-state index in [1.807, 2.05) is 18.2 Å². The number of aromatic amines is 1. The molecule has 0 saturated heterocycles. The van der Waals surface area contributed by atoms with E-state index in [0.29, 0.717) is 0 Å². The first-order valence-electron chi connectivity index (χ1n) is 4.13. The van der Waals surface area contributed by atoms with Gasteiger partial charge in [0.15, 0.2) is 0 Å². The minimum Gasteiger partial charge on any atom is -0.368 e. The molecule has 0 bridgehead atoms. The number of hydrogen-bond donors (Lipinski definition) is 3. The van der Waals surface area contributed by atoms with E-state index in [-0.39, 0.29) is 11.9 Å². The summed E-state index contributed by atoms with van der Waals surface area (Å²) in [5.41, 5.74) is 11.4. The molecule has 0 amide bonds. The van der Waals surface area contributed by atoms with Crippen LogP contribution in [-0.2, 0) is 0 Å².